The van der Waals surface area contributed by atoms with E-state index in [0.29, 0.717) is 5.92 Å². The highest BCUT2D eigenvalue weighted by Crippen LogP contribution is 2.36. The summed E-state index contributed by atoms with van der Waals surface area (Å²) in [5, 5.41) is 4.81. The highest BCUT2D eigenvalue weighted by molar-refractivity contribution is 5.95. The van der Waals surface area contributed by atoms with Crippen molar-refractivity contribution >= 4 is 16.6 Å². The van der Waals surface area contributed by atoms with Crippen LogP contribution in [0.2, 0.25) is 0 Å². The molecular formula is C12H14N2. The molecule has 2 nitrogen and oxygen atoms in total. The summed E-state index contributed by atoms with van der Waals surface area (Å²) in [4.78, 5) is 3.50. The van der Waals surface area contributed by atoms with Crippen molar-refractivity contribution in [2.45, 2.75) is 19.3 Å². The Morgan fingerprint density at radius 1 is 1.29 bits per heavy atom. The molecule has 2 N–H and O–H groups in total. The van der Waals surface area contributed by atoms with Crippen LogP contribution >= 0.6 is 0 Å². The number of aromatic amines is 1. The quantitative estimate of drug-likeness (QED) is 0.650. The van der Waals surface area contributed by atoms with E-state index < -0.39 is 0 Å². The molecule has 2 heteroatoms. The number of aromatic nitrogens is 1. The van der Waals surface area contributed by atoms with Crippen LogP contribution in [0.25, 0.3) is 10.9 Å². The molecule has 0 aliphatic carbocycles. The van der Waals surface area contributed by atoms with E-state index in [9.17, 15) is 0 Å². The minimum atomic E-state index is 0.652. The third kappa shape index (κ3) is 0.969. The predicted octanol–water partition coefficient (Wildman–Crippen LogP) is 3.09. The second kappa shape index (κ2) is 2.77. The number of rotatable bonds is 0. The van der Waals surface area contributed by atoms with Gasteiger partial charge in [-0.1, -0.05) is 25.1 Å². The van der Waals surface area contributed by atoms with Crippen LogP contribution in [0, 0.1) is 0 Å². The Balaban J connectivity index is 2.32. The zero-order valence-electron chi connectivity index (χ0n) is 8.30. The smallest absolute Gasteiger partial charge is 0.0633 e. The van der Waals surface area contributed by atoms with Gasteiger partial charge in [0.1, 0.15) is 0 Å². The van der Waals surface area contributed by atoms with Gasteiger partial charge in [0.2, 0.25) is 0 Å². The molecule has 0 radical (unpaired) electrons. The summed E-state index contributed by atoms with van der Waals surface area (Å²) in [6, 6.07) is 8.49. The lowest BCUT2D eigenvalue weighted by Crippen LogP contribution is -2.13. The van der Waals surface area contributed by atoms with Gasteiger partial charge in [-0.2, -0.15) is 0 Å². The summed E-state index contributed by atoms with van der Waals surface area (Å²) >= 11 is 0. The van der Waals surface area contributed by atoms with Crippen LogP contribution in [-0.2, 0) is 0 Å². The van der Waals surface area contributed by atoms with Crippen LogP contribution in [0.15, 0.2) is 24.3 Å². The van der Waals surface area contributed by atoms with Crippen molar-refractivity contribution < 1.29 is 0 Å². The average molecular weight is 186 g/mol. The Bertz CT molecular complexity index is 470. The molecule has 1 unspecified atom stereocenters. The molecule has 3 rings (SSSR count). The molecule has 14 heavy (non-hydrogen) atoms. The second-order valence-electron chi connectivity index (χ2n) is 4.08. The lowest BCUT2D eigenvalue weighted by atomic mass is 9.99. The Morgan fingerprint density at radius 3 is 3.07 bits per heavy atom. The van der Waals surface area contributed by atoms with E-state index in [1.807, 2.05) is 0 Å². The largest absolute Gasteiger partial charge is 0.383 e. The number of hydrogen-bond acceptors (Lipinski definition) is 1. The first-order valence-corrected chi connectivity index (χ1v) is 5.21. The van der Waals surface area contributed by atoms with Crippen molar-refractivity contribution in [1.82, 2.24) is 4.98 Å². The highest BCUT2D eigenvalue weighted by Gasteiger charge is 2.19. The van der Waals surface area contributed by atoms with Crippen molar-refractivity contribution in [3.8, 4) is 0 Å². The maximum Gasteiger partial charge on any atom is 0.0633 e. The molecule has 0 bridgehead atoms. The van der Waals surface area contributed by atoms with Crippen molar-refractivity contribution in [1.29, 1.82) is 0 Å². The van der Waals surface area contributed by atoms with Crippen LogP contribution in [0.4, 0.5) is 5.69 Å². The van der Waals surface area contributed by atoms with Crippen molar-refractivity contribution in [3.05, 3.63) is 30.0 Å². The summed E-state index contributed by atoms with van der Waals surface area (Å²) in [7, 11) is 0. The van der Waals surface area contributed by atoms with Crippen LogP contribution in [0.1, 0.15) is 25.0 Å². The van der Waals surface area contributed by atoms with Gasteiger partial charge < -0.3 is 10.3 Å². The van der Waals surface area contributed by atoms with E-state index in [-0.39, 0.29) is 0 Å². The monoisotopic (exact) mass is 186 g/mol. The molecular weight excluding hydrogens is 172 g/mol. The molecule has 1 atom stereocenters. The summed E-state index contributed by atoms with van der Waals surface area (Å²) in [5.41, 5.74) is 3.94. The van der Waals surface area contributed by atoms with Crippen LogP contribution in [0.3, 0.4) is 0 Å². The lowest BCUT2D eigenvalue weighted by molar-refractivity contribution is 0.669. The molecule has 1 aromatic carbocycles. The van der Waals surface area contributed by atoms with Crippen LogP contribution in [-0.4, -0.2) is 11.5 Å². The SMILES string of the molecule is CC1CCNc2c1[nH]c1ccccc21. The maximum absolute atomic E-state index is 3.50. The van der Waals surface area contributed by atoms with Crippen molar-refractivity contribution in [2.24, 2.45) is 0 Å². The van der Waals surface area contributed by atoms with Gasteiger partial charge in [-0.15, -0.1) is 0 Å². The van der Waals surface area contributed by atoms with Gasteiger partial charge in [-0.3, -0.25) is 0 Å². The molecule has 0 fully saturated rings. The Hall–Kier alpha value is -1.44. The summed E-state index contributed by atoms with van der Waals surface area (Å²) < 4.78 is 0. The van der Waals surface area contributed by atoms with Crippen molar-refractivity contribution in [3.63, 3.8) is 0 Å². The lowest BCUT2D eigenvalue weighted by Gasteiger charge is -2.20. The van der Waals surface area contributed by atoms with Gasteiger partial charge in [-0.05, 0) is 18.4 Å². The maximum atomic E-state index is 3.50. The number of anilines is 1. The van der Waals surface area contributed by atoms with E-state index in [1.54, 1.807) is 0 Å². The number of hydrogen-bond donors (Lipinski definition) is 2. The fourth-order valence-electron chi connectivity index (χ4n) is 2.28. The summed E-state index contributed by atoms with van der Waals surface area (Å²) in [5.74, 6) is 0.652. The standard InChI is InChI=1S/C12H14N2/c1-8-6-7-13-12-9-4-2-3-5-10(9)14-11(8)12/h2-5,8,13-14H,6-7H2,1H3. The molecule has 1 aromatic heterocycles. The normalized spacial score (nSPS) is 20.5. The number of fused-ring (bicyclic) bond motifs is 3. The topological polar surface area (TPSA) is 27.8 Å². The first-order valence-electron chi connectivity index (χ1n) is 5.21. The average Bonchev–Trinajstić information content (AvgIpc) is 2.59. The molecule has 0 saturated heterocycles. The Morgan fingerprint density at radius 2 is 2.14 bits per heavy atom. The number of benzene rings is 1. The fraction of sp³-hybridized carbons (Fsp3) is 0.333. The Labute approximate surface area is 83.3 Å². The van der Waals surface area contributed by atoms with Gasteiger partial charge >= 0.3 is 0 Å². The third-order valence-corrected chi connectivity index (χ3v) is 3.11. The third-order valence-electron chi connectivity index (χ3n) is 3.11. The van der Waals surface area contributed by atoms with E-state index in [4.69, 9.17) is 0 Å². The molecule has 1 aliphatic rings. The van der Waals surface area contributed by atoms with E-state index in [1.165, 1.54) is 28.7 Å². The molecule has 1 aliphatic heterocycles. The van der Waals surface area contributed by atoms with Crippen LogP contribution in [0.5, 0.6) is 0 Å². The molecule has 0 spiro atoms. The first-order chi connectivity index (χ1) is 6.86. The van der Waals surface area contributed by atoms with Gasteiger partial charge in [-0.25, -0.2) is 0 Å². The number of H-pyrrole nitrogens is 1. The first kappa shape index (κ1) is 7.92. The molecule has 0 amide bonds. The number of para-hydroxylation sites is 1. The zero-order valence-corrected chi connectivity index (χ0v) is 8.30. The van der Waals surface area contributed by atoms with Crippen LogP contribution < -0.4 is 5.32 Å². The summed E-state index contributed by atoms with van der Waals surface area (Å²) in [6.45, 7) is 3.38. The van der Waals surface area contributed by atoms with Gasteiger partial charge in [0, 0.05) is 23.1 Å². The second-order valence-corrected chi connectivity index (χ2v) is 4.08. The van der Waals surface area contributed by atoms with Crippen molar-refractivity contribution in [2.75, 3.05) is 11.9 Å². The fourth-order valence-corrected chi connectivity index (χ4v) is 2.28. The van der Waals surface area contributed by atoms with Gasteiger partial charge in [0.05, 0.1) is 5.69 Å². The number of nitrogens with one attached hydrogen (secondary N) is 2. The Kier molecular flexibility index (Phi) is 1.57. The molecule has 2 heterocycles. The molecule has 0 saturated carbocycles. The zero-order chi connectivity index (χ0) is 9.54. The predicted molar refractivity (Wildman–Crippen MR) is 59.8 cm³/mol. The van der Waals surface area contributed by atoms with E-state index in [2.05, 4.69) is 41.5 Å². The summed E-state index contributed by atoms with van der Waals surface area (Å²) in [6.07, 6.45) is 1.22. The molecule has 72 valence electrons. The van der Waals surface area contributed by atoms with Gasteiger partial charge in [0.25, 0.3) is 0 Å². The van der Waals surface area contributed by atoms with E-state index >= 15 is 0 Å². The minimum absolute atomic E-state index is 0.652. The minimum Gasteiger partial charge on any atom is -0.383 e. The van der Waals surface area contributed by atoms with Gasteiger partial charge in [0.15, 0.2) is 0 Å². The van der Waals surface area contributed by atoms with E-state index in [0.717, 1.165) is 6.54 Å². The molecule has 2 aromatic rings. The highest BCUT2D eigenvalue weighted by atomic mass is 14.9.